The quantitative estimate of drug-likeness (QED) is 0.753. The molecule has 6 heteroatoms. The number of anilines is 1. The van der Waals surface area contributed by atoms with E-state index < -0.39 is 17.5 Å². The third-order valence-electron chi connectivity index (χ3n) is 2.90. The Kier molecular flexibility index (Phi) is 2.90. The highest BCUT2D eigenvalue weighted by Gasteiger charge is 2.14. The van der Waals surface area contributed by atoms with Gasteiger partial charge in [0.2, 0.25) is 0 Å². The molecule has 2 aromatic carbocycles. The van der Waals surface area contributed by atoms with E-state index in [1.165, 1.54) is 0 Å². The molecular weight excluding hydrogens is 264 g/mol. The van der Waals surface area contributed by atoms with Crippen LogP contribution in [0.1, 0.15) is 10.4 Å². The standard InChI is InChI=1S/C14H9F2N3O/c15-9-4-5-10(11(16)6-9)14(20)18-12-3-1-2-8-7-17-19-13(8)12/h1-7H,(H,17,19)(H,18,20). The molecule has 0 aliphatic rings. The third-order valence-corrected chi connectivity index (χ3v) is 2.90. The number of hydrogen-bond donors (Lipinski definition) is 2. The molecule has 0 fully saturated rings. The fourth-order valence-corrected chi connectivity index (χ4v) is 1.94. The molecule has 1 heterocycles. The Morgan fingerprint density at radius 1 is 1.20 bits per heavy atom. The zero-order chi connectivity index (χ0) is 14.1. The number of hydrogen-bond acceptors (Lipinski definition) is 2. The summed E-state index contributed by atoms with van der Waals surface area (Å²) in [5.41, 5.74) is 0.903. The van der Waals surface area contributed by atoms with Crippen LogP contribution < -0.4 is 5.32 Å². The summed E-state index contributed by atoms with van der Waals surface area (Å²) in [6.07, 6.45) is 1.61. The van der Waals surface area contributed by atoms with E-state index in [-0.39, 0.29) is 5.56 Å². The first-order valence-electron chi connectivity index (χ1n) is 5.83. The summed E-state index contributed by atoms with van der Waals surface area (Å²) >= 11 is 0. The Morgan fingerprint density at radius 2 is 2.05 bits per heavy atom. The lowest BCUT2D eigenvalue weighted by atomic mass is 10.1. The van der Waals surface area contributed by atoms with E-state index in [2.05, 4.69) is 15.5 Å². The summed E-state index contributed by atoms with van der Waals surface area (Å²) in [7, 11) is 0. The summed E-state index contributed by atoms with van der Waals surface area (Å²) in [6.45, 7) is 0. The van der Waals surface area contributed by atoms with Crippen molar-refractivity contribution < 1.29 is 13.6 Å². The second-order valence-corrected chi connectivity index (χ2v) is 4.22. The Labute approximate surface area is 112 Å². The number of aromatic amines is 1. The van der Waals surface area contributed by atoms with Crippen LogP contribution in [0.2, 0.25) is 0 Å². The molecule has 1 aromatic heterocycles. The fourth-order valence-electron chi connectivity index (χ4n) is 1.94. The molecule has 0 unspecified atom stereocenters. The van der Waals surface area contributed by atoms with Crippen LogP contribution in [0, 0.1) is 11.6 Å². The maximum Gasteiger partial charge on any atom is 0.258 e. The number of rotatable bonds is 2. The van der Waals surface area contributed by atoms with E-state index in [0.717, 1.165) is 17.5 Å². The molecule has 20 heavy (non-hydrogen) atoms. The zero-order valence-electron chi connectivity index (χ0n) is 10.2. The van der Waals surface area contributed by atoms with Crippen molar-refractivity contribution >= 4 is 22.5 Å². The van der Waals surface area contributed by atoms with E-state index in [9.17, 15) is 13.6 Å². The zero-order valence-corrected chi connectivity index (χ0v) is 10.2. The molecule has 3 aromatic rings. The number of para-hydroxylation sites is 1. The van der Waals surface area contributed by atoms with Crippen LogP contribution in [0.5, 0.6) is 0 Å². The highest BCUT2D eigenvalue weighted by atomic mass is 19.1. The van der Waals surface area contributed by atoms with Gasteiger partial charge in [0.25, 0.3) is 5.91 Å². The highest BCUT2D eigenvalue weighted by molar-refractivity contribution is 6.08. The number of aromatic nitrogens is 2. The summed E-state index contributed by atoms with van der Waals surface area (Å²) in [6, 6.07) is 8.05. The van der Waals surface area contributed by atoms with Crippen LogP contribution >= 0.6 is 0 Å². The predicted octanol–water partition coefficient (Wildman–Crippen LogP) is 3.09. The minimum absolute atomic E-state index is 0.220. The number of carbonyl (C=O) groups excluding carboxylic acids is 1. The average Bonchev–Trinajstić information content (AvgIpc) is 2.87. The van der Waals surface area contributed by atoms with Crippen molar-refractivity contribution in [1.82, 2.24) is 10.2 Å². The van der Waals surface area contributed by atoms with Crippen molar-refractivity contribution in [3.8, 4) is 0 Å². The molecule has 0 saturated heterocycles. The molecular formula is C14H9F2N3O. The van der Waals surface area contributed by atoms with Gasteiger partial charge in [-0.1, -0.05) is 12.1 Å². The van der Waals surface area contributed by atoms with Gasteiger partial charge >= 0.3 is 0 Å². The topological polar surface area (TPSA) is 57.8 Å². The van der Waals surface area contributed by atoms with E-state index >= 15 is 0 Å². The van der Waals surface area contributed by atoms with Gasteiger partial charge in [0, 0.05) is 11.5 Å². The summed E-state index contributed by atoms with van der Waals surface area (Å²) in [4.78, 5) is 12.0. The highest BCUT2D eigenvalue weighted by Crippen LogP contribution is 2.21. The first-order chi connectivity index (χ1) is 9.65. The van der Waals surface area contributed by atoms with E-state index in [4.69, 9.17) is 0 Å². The number of fused-ring (bicyclic) bond motifs is 1. The maximum atomic E-state index is 13.5. The number of nitrogens with zero attached hydrogens (tertiary/aromatic N) is 1. The lowest BCUT2D eigenvalue weighted by Crippen LogP contribution is -2.14. The number of halogens is 2. The maximum absolute atomic E-state index is 13.5. The molecule has 0 bridgehead atoms. The molecule has 0 saturated carbocycles. The number of carbonyl (C=O) groups is 1. The first-order valence-corrected chi connectivity index (χ1v) is 5.83. The Bertz CT molecular complexity index is 798. The van der Waals surface area contributed by atoms with Gasteiger partial charge < -0.3 is 5.32 Å². The van der Waals surface area contributed by atoms with Gasteiger partial charge in [0.1, 0.15) is 11.6 Å². The average molecular weight is 273 g/mol. The second-order valence-electron chi connectivity index (χ2n) is 4.22. The molecule has 4 nitrogen and oxygen atoms in total. The number of amides is 1. The van der Waals surface area contributed by atoms with E-state index in [1.807, 2.05) is 6.07 Å². The normalized spacial score (nSPS) is 10.7. The van der Waals surface area contributed by atoms with Crippen molar-refractivity contribution in [2.24, 2.45) is 0 Å². The molecule has 0 atom stereocenters. The van der Waals surface area contributed by atoms with Gasteiger partial charge in [-0.3, -0.25) is 9.89 Å². The molecule has 0 spiro atoms. The predicted molar refractivity (Wildman–Crippen MR) is 70.4 cm³/mol. The molecule has 0 aliphatic carbocycles. The van der Waals surface area contributed by atoms with Crippen molar-refractivity contribution in [3.63, 3.8) is 0 Å². The summed E-state index contributed by atoms with van der Waals surface area (Å²) in [5, 5.41) is 10.0. The Morgan fingerprint density at radius 3 is 2.85 bits per heavy atom. The van der Waals surface area contributed by atoms with Crippen LogP contribution in [-0.4, -0.2) is 16.1 Å². The molecule has 3 rings (SSSR count). The van der Waals surface area contributed by atoms with Crippen molar-refractivity contribution in [2.45, 2.75) is 0 Å². The molecule has 0 aliphatic heterocycles. The van der Waals surface area contributed by atoms with Crippen molar-refractivity contribution in [2.75, 3.05) is 5.32 Å². The van der Waals surface area contributed by atoms with Crippen LogP contribution in [0.4, 0.5) is 14.5 Å². The number of nitrogens with one attached hydrogen (secondary N) is 2. The van der Waals surface area contributed by atoms with Gasteiger partial charge in [0.05, 0.1) is 23.0 Å². The van der Waals surface area contributed by atoms with Gasteiger partial charge in [-0.25, -0.2) is 8.78 Å². The largest absolute Gasteiger partial charge is 0.320 e. The second kappa shape index (κ2) is 4.73. The number of benzene rings is 2. The summed E-state index contributed by atoms with van der Waals surface area (Å²) < 4.78 is 26.4. The molecule has 1 amide bonds. The Hall–Kier alpha value is -2.76. The van der Waals surface area contributed by atoms with Gasteiger partial charge in [-0.05, 0) is 18.2 Å². The summed E-state index contributed by atoms with van der Waals surface area (Å²) in [5.74, 6) is -2.28. The smallest absolute Gasteiger partial charge is 0.258 e. The van der Waals surface area contributed by atoms with E-state index in [1.54, 1.807) is 18.3 Å². The van der Waals surface area contributed by atoms with Crippen LogP contribution in [-0.2, 0) is 0 Å². The van der Waals surface area contributed by atoms with Gasteiger partial charge in [0.15, 0.2) is 0 Å². The van der Waals surface area contributed by atoms with Gasteiger partial charge in [-0.2, -0.15) is 5.10 Å². The van der Waals surface area contributed by atoms with E-state index in [0.29, 0.717) is 17.3 Å². The lowest BCUT2D eigenvalue weighted by molar-refractivity contribution is 0.102. The SMILES string of the molecule is O=C(Nc1cccc2cn[nH]c12)c1ccc(F)cc1F. The fraction of sp³-hybridized carbons (Fsp3) is 0. The first kappa shape index (κ1) is 12.3. The molecule has 0 radical (unpaired) electrons. The lowest BCUT2D eigenvalue weighted by Gasteiger charge is -2.07. The third kappa shape index (κ3) is 2.11. The minimum Gasteiger partial charge on any atom is -0.320 e. The van der Waals surface area contributed by atoms with Crippen LogP contribution in [0.3, 0.4) is 0 Å². The Balaban J connectivity index is 1.94. The van der Waals surface area contributed by atoms with Crippen molar-refractivity contribution in [3.05, 3.63) is 59.8 Å². The number of H-pyrrole nitrogens is 1. The molecule has 2 N–H and O–H groups in total. The van der Waals surface area contributed by atoms with Gasteiger partial charge in [-0.15, -0.1) is 0 Å². The minimum atomic E-state index is -0.903. The monoisotopic (exact) mass is 273 g/mol. The molecule has 100 valence electrons. The van der Waals surface area contributed by atoms with Crippen LogP contribution in [0.15, 0.2) is 42.6 Å². The van der Waals surface area contributed by atoms with Crippen LogP contribution in [0.25, 0.3) is 10.9 Å². The van der Waals surface area contributed by atoms with Crippen molar-refractivity contribution in [1.29, 1.82) is 0 Å².